The Morgan fingerprint density at radius 2 is 2.00 bits per heavy atom. The van der Waals surface area contributed by atoms with Crippen LogP contribution < -0.4 is 10.0 Å². The van der Waals surface area contributed by atoms with Gasteiger partial charge in [0.1, 0.15) is 22.6 Å². The zero-order chi connectivity index (χ0) is 14.0. The third kappa shape index (κ3) is 2.25. The Hall–Kier alpha value is -2.84. The van der Waals surface area contributed by atoms with Gasteiger partial charge in [0, 0.05) is 11.9 Å². The molecule has 0 atom stereocenters. The molecule has 0 saturated heterocycles. The molecule has 7 nitrogen and oxygen atoms in total. The predicted molar refractivity (Wildman–Crippen MR) is 64.0 cm³/mol. The number of nitrogens with zero attached hydrogens (tertiary/aromatic N) is 2. The van der Waals surface area contributed by atoms with Gasteiger partial charge in [0.2, 0.25) is 0 Å². The minimum Gasteiger partial charge on any atom is -0.360 e. The molecule has 2 rings (SSSR count). The molecule has 94 valence electrons. The number of allylic oxidation sites excluding steroid dienone is 1. The summed E-state index contributed by atoms with van der Waals surface area (Å²) in [4.78, 5) is 11.4. The smallest absolute Gasteiger partial charge is 0.266 e. The van der Waals surface area contributed by atoms with Crippen molar-refractivity contribution in [3.63, 3.8) is 0 Å². The quantitative estimate of drug-likeness (QED) is 0.755. The average Bonchev–Trinajstić information content (AvgIpc) is 2.61. The highest BCUT2D eigenvalue weighted by Gasteiger charge is 2.32. The number of nitrogens with one attached hydrogen (secondary N) is 2. The topological polar surface area (TPSA) is 123 Å². The van der Waals surface area contributed by atoms with Gasteiger partial charge in [0.05, 0.1) is 5.56 Å². The van der Waals surface area contributed by atoms with Crippen LogP contribution >= 0.6 is 0 Å². The predicted octanol–water partition coefficient (Wildman–Crippen LogP) is 0.462. The lowest BCUT2D eigenvalue weighted by Crippen LogP contribution is -2.20. The van der Waals surface area contributed by atoms with Crippen LogP contribution in [0, 0.1) is 22.7 Å². The molecule has 0 aliphatic carbocycles. The summed E-state index contributed by atoms with van der Waals surface area (Å²) in [5.41, 5.74) is 0.278. The SMILES string of the molecule is N#CC(C#N)=CNc1ccc2c(c1)C(=O)NS2(=O)=O. The normalized spacial score (nSPS) is 14.5. The molecule has 0 aromatic heterocycles. The molecule has 8 heteroatoms. The van der Waals surface area contributed by atoms with Gasteiger partial charge in [0.15, 0.2) is 0 Å². The Kier molecular flexibility index (Phi) is 2.95. The molecule has 1 heterocycles. The van der Waals surface area contributed by atoms with Crippen LogP contribution in [0.1, 0.15) is 10.4 Å². The van der Waals surface area contributed by atoms with Crippen molar-refractivity contribution < 1.29 is 13.2 Å². The van der Waals surface area contributed by atoms with Crippen LogP contribution in [0.15, 0.2) is 34.9 Å². The molecule has 1 aromatic rings. The maximum absolute atomic E-state index is 11.5. The molecule has 0 saturated carbocycles. The van der Waals surface area contributed by atoms with E-state index in [1.807, 2.05) is 4.72 Å². The van der Waals surface area contributed by atoms with Crippen molar-refractivity contribution in [3.05, 3.63) is 35.5 Å². The van der Waals surface area contributed by atoms with E-state index >= 15 is 0 Å². The first-order chi connectivity index (χ1) is 8.97. The van der Waals surface area contributed by atoms with Crippen LogP contribution in [0.4, 0.5) is 5.69 Å². The van der Waals surface area contributed by atoms with Gasteiger partial charge in [0.25, 0.3) is 15.9 Å². The molecule has 1 aliphatic heterocycles. The molecule has 1 aromatic carbocycles. The van der Waals surface area contributed by atoms with Crippen LogP contribution in [-0.4, -0.2) is 14.3 Å². The first kappa shape index (κ1) is 12.6. The number of hydrogen-bond acceptors (Lipinski definition) is 6. The van der Waals surface area contributed by atoms with E-state index < -0.39 is 15.9 Å². The average molecular weight is 274 g/mol. The Balaban J connectivity index is 2.38. The molecular formula is C11H6N4O3S. The van der Waals surface area contributed by atoms with Crippen molar-refractivity contribution >= 4 is 21.6 Å². The monoisotopic (exact) mass is 274 g/mol. The summed E-state index contributed by atoms with van der Waals surface area (Å²) in [5, 5.41) is 19.7. The highest BCUT2D eigenvalue weighted by Crippen LogP contribution is 2.25. The summed E-state index contributed by atoms with van der Waals surface area (Å²) >= 11 is 0. The summed E-state index contributed by atoms with van der Waals surface area (Å²) in [6, 6.07) is 7.35. The number of carbonyl (C=O) groups is 1. The zero-order valence-electron chi connectivity index (χ0n) is 9.34. The number of rotatable bonds is 2. The minimum absolute atomic E-state index is 0.0221. The van der Waals surface area contributed by atoms with E-state index in [1.54, 1.807) is 12.1 Å². The number of nitriles is 2. The minimum atomic E-state index is -3.76. The Morgan fingerprint density at radius 3 is 2.63 bits per heavy atom. The van der Waals surface area contributed by atoms with Crippen molar-refractivity contribution in [1.82, 2.24) is 4.72 Å². The fraction of sp³-hybridized carbons (Fsp3) is 0. The maximum Gasteiger partial charge on any atom is 0.266 e. The molecule has 0 bridgehead atoms. The van der Waals surface area contributed by atoms with E-state index in [4.69, 9.17) is 10.5 Å². The lowest BCUT2D eigenvalue weighted by atomic mass is 10.2. The van der Waals surface area contributed by atoms with E-state index in [9.17, 15) is 13.2 Å². The van der Waals surface area contributed by atoms with Crippen LogP contribution in [0.2, 0.25) is 0 Å². The summed E-state index contributed by atoms with van der Waals surface area (Å²) < 4.78 is 24.8. The van der Waals surface area contributed by atoms with Crippen LogP contribution in [-0.2, 0) is 10.0 Å². The highest BCUT2D eigenvalue weighted by atomic mass is 32.2. The van der Waals surface area contributed by atoms with Crippen molar-refractivity contribution in [2.45, 2.75) is 4.90 Å². The number of benzene rings is 1. The highest BCUT2D eigenvalue weighted by molar-refractivity contribution is 7.90. The first-order valence-electron chi connectivity index (χ1n) is 4.96. The molecule has 0 fully saturated rings. The Labute approximate surface area is 108 Å². The number of carbonyl (C=O) groups excluding carboxylic acids is 1. The lowest BCUT2D eigenvalue weighted by Gasteiger charge is -2.01. The molecule has 0 radical (unpaired) electrons. The molecule has 19 heavy (non-hydrogen) atoms. The van der Waals surface area contributed by atoms with E-state index in [2.05, 4.69) is 5.32 Å². The van der Waals surface area contributed by atoms with Gasteiger partial charge in [-0.15, -0.1) is 0 Å². The number of anilines is 1. The number of sulfonamides is 1. The summed E-state index contributed by atoms with van der Waals surface area (Å²) in [6.45, 7) is 0. The van der Waals surface area contributed by atoms with Gasteiger partial charge in [-0.1, -0.05) is 0 Å². The number of hydrogen-bond donors (Lipinski definition) is 2. The van der Waals surface area contributed by atoms with Gasteiger partial charge < -0.3 is 5.32 Å². The second-order valence-electron chi connectivity index (χ2n) is 3.57. The fourth-order valence-electron chi connectivity index (χ4n) is 1.51. The second kappa shape index (κ2) is 4.44. The molecule has 1 aliphatic rings. The van der Waals surface area contributed by atoms with Gasteiger partial charge in [-0.05, 0) is 18.2 Å². The molecule has 1 amide bonds. The van der Waals surface area contributed by atoms with Crippen LogP contribution in [0.25, 0.3) is 0 Å². The Morgan fingerprint density at radius 1 is 1.32 bits per heavy atom. The third-order valence-corrected chi connectivity index (χ3v) is 3.75. The summed E-state index contributed by atoms with van der Waals surface area (Å²) in [6.07, 6.45) is 1.17. The number of fused-ring (bicyclic) bond motifs is 1. The second-order valence-corrected chi connectivity index (χ2v) is 5.22. The van der Waals surface area contributed by atoms with Gasteiger partial charge in [-0.25, -0.2) is 13.1 Å². The fourth-order valence-corrected chi connectivity index (χ4v) is 2.66. The Bertz CT molecular complexity index is 765. The van der Waals surface area contributed by atoms with Crippen molar-refractivity contribution in [2.75, 3.05) is 5.32 Å². The molecule has 0 spiro atoms. The van der Waals surface area contributed by atoms with E-state index in [-0.39, 0.29) is 16.0 Å². The summed E-state index contributed by atoms with van der Waals surface area (Å²) in [7, 11) is -3.76. The van der Waals surface area contributed by atoms with Crippen molar-refractivity contribution in [2.24, 2.45) is 0 Å². The van der Waals surface area contributed by atoms with Gasteiger partial charge in [-0.3, -0.25) is 4.79 Å². The molecule has 2 N–H and O–H groups in total. The molecule has 0 unspecified atom stereocenters. The van der Waals surface area contributed by atoms with Gasteiger partial charge >= 0.3 is 0 Å². The standard InChI is InChI=1S/C11H6N4O3S/c12-4-7(5-13)6-14-8-1-2-10-9(3-8)11(16)15-19(10,17)18/h1-3,6,14H,(H,15,16). The van der Waals surface area contributed by atoms with E-state index in [0.717, 1.165) is 0 Å². The van der Waals surface area contributed by atoms with Crippen molar-refractivity contribution in [1.29, 1.82) is 10.5 Å². The molecular weight excluding hydrogens is 268 g/mol. The van der Waals surface area contributed by atoms with Crippen LogP contribution in [0.5, 0.6) is 0 Å². The van der Waals surface area contributed by atoms with Gasteiger partial charge in [-0.2, -0.15) is 10.5 Å². The lowest BCUT2D eigenvalue weighted by molar-refractivity contribution is 0.0985. The maximum atomic E-state index is 11.5. The third-order valence-electron chi connectivity index (χ3n) is 2.36. The van der Waals surface area contributed by atoms with E-state index in [1.165, 1.54) is 24.4 Å². The van der Waals surface area contributed by atoms with Crippen molar-refractivity contribution in [3.8, 4) is 12.1 Å². The number of amides is 1. The van der Waals surface area contributed by atoms with E-state index in [0.29, 0.717) is 5.69 Å². The zero-order valence-corrected chi connectivity index (χ0v) is 10.2. The largest absolute Gasteiger partial charge is 0.360 e. The van der Waals surface area contributed by atoms with Crippen LogP contribution in [0.3, 0.4) is 0 Å². The summed E-state index contributed by atoms with van der Waals surface area (Å²) in [5.74, 6) is -0.705. The first-order valence-corrected chi connectivity index (χ1v) is 6.44.